The topological polar surface area (TPSA) is 134 Å². The van der Waals surface area contributed by atoms with Gasteiger partial charge in [-0.2, -0.15) is 0 Å². The van der Waals surface area contributed by atoms with Crippen LogP contribution >= 0.6 is 0 Å². The third-order valence-corrected chi connectivity index (χ3v) is 8.19. The van der Waals surface area contributed by atoms with E-state index in [-0.39, 0.29) is 24.6 Å². The van der Waals surface area contributed by atoms with E-state index in [1.807, 2.05) is 70.2 Å². The molecule has 0 radical (unpaired) electrons. The molecule has 0 spiro atoms. The van der Waals surface area contributed by atoms with Gasteiger partial charge in [-0.1, -0.05) is 6.07 Å². The zero-order chi connectivity index (χ0) is 34.2. The lowest BCUT2D eigenvalue weighted by Gasteiger charge is -2.36. The largest absolute Gasteiger partial charge is 0.444 e. The van der Waals surface area contributed by atoms with Crippen LogP contribution in [0.1, 0.15) is 63.4 Å². The van der Waals surface area contributed by atoms with E-state index >= 15 is 0 Å². The van der Waals surface area contributed by atoms with Crippen LogP contribution in [-0.2, 0) is 4.74 Å². The zero-order valence-electron chi connectivity index (χ0n) is 28.5. The summed E-state index contributed by atoms with van der Waals surface area (Å²) >= 11 is 0. The molecule has 12 nitrogen and oxygen atoms in total. The van der Waals surface area contributed by atoms with E-state index in [4.69, 9.17) is 14.6 Å². The molecule has 3 heterocycles. The van der Waals surface area contributed by atoms with Gasteiger partial charge in [0.2, 0.25) is 5.88 Å². The lowest BCUT2D eigenvalue weighted by Crippen LogP contribution is -2.50. The van der Waals surface area contributed by atoms with Crippen LogP contribution in [-0.4, -0.2) is 86.6 Å². The standard InChI is InChI=1S/C36H45N7O5/c1-23-19-24(7-14-28(23)33(44)39-25-8-9-25)30-21-37-32-29(38-22-36(5,6)46)20-31(40-43(30)32)47-27-12-10-26(11-13-27)41-15-17-42(18-16-41)34(45)48-35(2,3)4/h7,10-14,19-21,25,38,46H,8-9,15-18,22H2,1-6H3,(H,39,44). The maximum Gasteiger partial charge on any atom is 0.410 e. The second kappa shape index (κ2) is 13.0. The minimum atomic E-state index is -0.959. The molecule has 0 atom stereocenters. The Morgan fingerprint density at radius 3 is 2.31 bits per heavy atom. The normalized spacial score (nSPS) is 15.4. The summed E-state index contributed by atoms with van der Waals surface area (Å²) in [6.07, 6.45) is 3.53. The number of anilines is 2. The van der Waals surface area contributed by atoms with E-state index in [0.29, 0.717) is 54.7 Å². The van der Waals surface area contributed by atoms with E-state index in [1.165, 1.54) is 0 Å². The summed E-state index contributed by atoms with van der Waals surface area (Å²) < 4.78 is 13.5. The number of aryl methyl sites for hydroxylation is 1. The molecule has 6 rings (SSSR count). The first-order chi connectivity index (χ1) is 22.7. The van der Waals surface area contributed by atoms with Gasteiger partial charge in [0.1, 0.15) is 11.4 Å². The first-order valence-corrected chi connectivity index (χ1v) is 16.5. The van der Waals surface area contributed by atoms with Crippen molar-refractivity contribution < 1.29 is 24.2 Å². The van der Waals surface area contributed by atoms with Gasteiger partial charge in [0, 0.05) is 61.6 Å². The second-order valence-electron chi connectivity index (χ2n) is 14.3. The minimum Gasteiger partial charge on any atom is -0.444 e. The van der Waals surface area contributed by atoms with Crippen LogP contribution < -0.4 is 20.3 Å². The van der Waals surface area contributed by atoms with Gasteiger partial charge in [0.15, 0.2) is 5.65 Å². The minimum absolute atomic E-state index is 0.0549. The highest BCUT2D eigenvalue weighted by molar-refractivity contribution is 5.96. The number of imidazole rings is 1. The molecule has 4 aromatic rings. The van der Waals surface area contributed by atoms with Crippen molar-refractivity contribution in [2.75, 3.05) is 42.9 Å². The molecule has 1 saturated heterocycles. The molecule has 2 amide bonds. The van der Waals surface area contributed by atoms with Gasteiger partial charge in [-0.3, -0.25) is 4.79 Å². The summed E-state index contributed by atoms with van der Waals surface area (Å²) in [6.45, 7) is 13.9. The van der Waals surface area contributed by atoms with Crippen molar-refractivity contribution in [2.24, 2.45) is 0 Å². The third kappa shape index (κ3) is 7.99. The summed E-state index contributed by atoms with van der Waals surface area (Å²) in [7, 11) is 0. The molecule has 2 aromatic heterocycles. The van der Waals surface area contributed by atoms with Gasteiger partial charge in [-0.05, 0) is 96.3 Å². The van der Waals surface area contributed by atoms with Crippen LogP contribution in [0.15, 0.2) is 54.7 Å². The molecule has 2 aliphatic rings. The number of carbonyl (C=O) groups is 2. The summed E-state index contributed by atoms with van der Waals surface area (Å²) in [5.41, 5.74) is 3.89. The lowest BCUT2D eigenvalue weighted by molar-refractivity contribution is 0.0240. The second-order valence-corrected chi connectivity index (χ2v) is 14.3. The molecule has 1 saturated carbocycles. The molecule has 0 unspecified atom stereocenters. The van der Waals surface area contributed by atoms with Crippen LogP contribution in [0.5, 0.6) is 11.6 Å². The number of ether oxygens (including phenoxy) is 2. The molecule has 0 bridgehead atoms. The van der Waals surface area contributed by atoms with Gasteiger partial charge in [0.05, 0.1) is 23.2 Å². The van der Waals surface area contributed by atoms with Crippen LogP contribution in [0.3, 0.4) is 0 Å². The van der Waals surface area contributed by atoms with Crippen molar-refractivity contribution in [3.8, 4) is 22.9 Å². The SMILES string of the molecule is Cc1cc(-c2cnc3c(NCC(C)(C)O)cc(Oc4ccc(N5CCN(C(=O)OC(C)(C)C)CC5)cc4)nn23)ccc1C(=O)NC1CC1. The van der Waals surface area contributed by atoms with Crippen molar-refractivity contribution >= 4 is 29.0 Å². The van der Waals surface area contributed by atoms with Crippen LogP contribution in [0.4, 0.5) is 16.2 Å². The highest BCUT2D eigenvalue weighted by Crippen LogP contribution is 2.31. The molecule has 254 valence electrons. The summed E-state index contributed by atoms with van der Waals surface area (Å²) in [4.78, 5) is 33.8. The number of nitrogens with one attached hydrogen (secondary N) is 2. The van der Waals surface area contributed by atoms with Gasteiger partial charge >= 0.3 is 6.09 Å². The number of aliphatic hydroxyl groups is 1. The maximum absolute atomic E-state index is 12.7. The van der Waals surface area contributed by atoms with E-state index < -0.39 is 11.2 Å². The third-order valence-electron chi connectivity index (χ3n) is 8.19. The molecule has 1 aliphatic carbocycles. The van der Waals surface area contributed by atoms with Gasteiger partial charge < -0.3 is 35.0 Å². The van der Waals surface area contributed by atoms with Crippen LogP contribution in [0, 0.1) is 6.92 Å². The number of rotatable bonds is 9. The zero-order valence-corrected chi connectivity index (χ0v) is 28.5. The van der Waals surface area contributed by atoms with E-state index in [2.05, 4.69) is 20.5 Å². The highest BCUT2D eigenvalue weighted by atomic mass is 16.6. The number of amides is 2. The number of piperazine rings is 1. The molecule has 48 heavy (non-hydrogen) atoms. The number of carbonyl (C=O) groups excluding carboxylic acids is 2. The Bertz CT molecular complexity index is 1790. The number of aromatic nitrogens is 3. The Morgan fingerprint density at radius 2 is 1.69 bits per heavy atom. The van der Waals surface area contributed by atoms with Crippen molar-refractivity contribution in [3.05, 3.63) is 65.9 Å². The number of nitrogens with zero attached hydrogens (tertiary/aromatic N) is 5. The van der Waals surface area contributed by atoms with Crippen molar-refractivity contribution in [1.29, 1.82) is 0 Å². The first kappa shape index (κ1) is 33.1. The van der Waals surface area contributed by atoms with Crippen LogP contribution in [0.25, 0.3) is 16.9 Å². The highest BCUT2D eigenvalue weighted by Gasteiger charge is 2.27. The summed E-state index contributed by atoms with van der Waals surface area (Å²) in [6, 6.07) is 15.6. The van der Waals surface area contributed by atoms with Gasteiger partial charge in [-0.15, -0.1) is 5.10 Å². The smallest absolute Gasteiger partial charge is 0.410 e. The predicted octanol–water partition coefficient (Wildman–Crippen LogP) is 5.63. The molecule has 1 aliphatic heterocycles. The fourth-order valence-electron chi connectivity index (χ4n) is 5.52. The fraction of sp³-hybridized carbons (Fsp3) is 0.444. The Kier molecular flexibility index (Phi) is 8.95. The van der Waals surface area contributed by atoms with Crippen molar-refractivity contribution in [1.82, 2.24) is 24.8 Å². The molecule has 2 aromatic carbocycles. The summed E-state index contributed by atoms with van der Waals surface area (Å²) in [5.74, 6) is 0.895. The molecular formula is C36H45N7O5. The van der Waals surface area contributed by atoms with E-state index in [9.17, 15) is 14.7 Å². The Balaban J connectivity index is 1.21. The van der Waals surface area contributed by atoms with Gasteiger partial charge in [0.25, 0.3) is 5.91 Å². The average Bonchev–Trinajstić information content (AvgIpc) is 3.74. The predicted molar refractivity (Wildman–Crippen MR) is 185 cm³/mol. The monoisotopic (exact) mass is 655 g/mol. The molecular weight excluding hydrogens is 610 g/mol. The fourth-order valence-corrected chi connectivity index (χ4v) is 5.52. The molecule has 12 heteroatoms. The lowest BCUT2D eigenvalue weighted by atomic mass is 10.0. The number of fused-ring (bicyclic) bond motifs is 1. The summed E-state index contributed by atoms with van der Waals surface area (Å²) in [5, 5.41) is 21.6. The molecule has 2 fully saturated rings. The number of hydrogen-bond donors (Lipinski definition) is 3. The van der Waals surface area contributed by atoms with E-state index in [1.54, 1.807) is 35.5 Å². The number of benzene rings is 2. The Labute approximate surface area is 281 Å². The Morgan fingerprint density at radius 1 is 0.979 bits per heavy atom. The molecule has 3 N–H and O–H groups in total. The Hall–Kier alpha value is -4.84. The van der Waals surface area contributed by atoms with Crippen molar-refractivity contribution in [3.63, 3.8) is 0 Å². The number of hydrogen-bond acceptors (Lipinski definition) is 9. The van der Waals surface area contributed by atoms with E-state index in [0.717, 1.165) is 35.3 Å². The van der Waals surface area contributed by atoms with Crippen LogP contribution in [0.2, 0.25) is 0 Å². The quantitative estimate of drug-likeness (QED) is 0.210. The maximum atomic E-state index is 12.7. The van der Waals surface area contributed by atoms with Gasteiger partial charge in [-0.25, -0.2) is 14.3 Å². The van der Waals surface area contributed by atoms with Crippen molar-refractivity contribution in [2.45, 2.75) is 71.6 Å². The average molecular weight is 656 g/mol. The first-order valence-electron chi connectivity index (χ1n) is 16.5.